The molecule has 1 N–H and O–H groups in total. The summed E-state index contributed by atoms with van der Waals surface area (Å²) in [6.07, 6.45) is 5.13. The van der Waals surface area contributed by atoms with Crippen molar-refractivity contribution in [3.8, 4) is 28.7 Å². The zero-order valence-corrected chi connectivity index (χ0v) is 22.6. The molecule has 3 rings (SSSR count). The number of Topliss-reactive ketones (excluding diaryl/α,β-unsaturated/α-hetero) is 1. The summed E-state index contributed by atoms with van der Waals surface area (Å²) in [7, 11) is 0. The van der Waals surface area contributed by atoms with E-state index in [-0.39, 0.29) is 30.0 Å². The molecule has 0 aliphatic heterocycles. The van der Waals surface area contributed by atoms with Crippen LogP contribution in [-0.2, 0) is 11.2 Å². The Balaban J connectivity index is 1.84. The summed E-state index contributed by atoms with van der Waals surface area (Å²) < 4.78 is 19.4. The van der Waals surface area contributed by atoms with Crippen LogP contribution < -0.4 is 10.4 Å². The smallest absolute Gasteiger partial charge is 0.348 e. The number of nitrogens with one attached hydrogen (secondary N) is 1. The fourth-order valence-corrected chi connectivity index (χ4v) is 4.44. The van der Waals surface area contributed by atoms with Gasteiger partial charge in [0.05, 0.1) is 16.5 Å². The van der Waals surface area contributed by atoms with Crippen LogP contribution in [0, 0.1) is 5.41 Å². The van der Waals surface area contributed by atoms with Gasteiger partial charge in [-0.15, -0.1) is 0 Å². The first-order valence-corrected chi connectivity index (χ1v) is 13.1. The number of hydrogen-bond donors (Lipinski definition) is 1. The maximum Gasteiger partial charge on any atom is 0.348 e. The summed E-state index contributed by atoms with van der Waals surface area (Å²) in [4.78, 5) is 40.6. The first kappa shape index (κ1) is 28.4. The zero-order chi connectivity index (χ0) is 27.0. The number of benzene rings is 1. The molecule has 2 heterocycles. The fraction of sp³-hybridized carbons (Fsp3) is 0.464. The van der Waals surface area contributed by atoms with Crippen LogP contribution in [0.25, 0.3) is 22.8 Å². The monoisotopic (exact) mass is 528 g/mol. The molecule has 37 heavy (non-hydrogen) atoms. The molecule has 9 heteroatoms. The van der Waals surface area contributed by atoms with Crippen LogP contribution in [0.15, 0.2) is 41.3 Å². The van der Waals surface area contributed by atoms with Gasteiger partial charge < -0.3 is 4.74 Å². The van der Waals surface area contributed by atoms with E-state index < -0.39 is 17.8 Å². The molecule has 0 bridgehead atoms. The molecule has 3 aromatic rings. The Morgan fingerprint density at radius 2 is 1.92 bits per heavy atom. The Morgan fingerprint density at radius 3 is 2.54 bits per heavy atom. The third-order valence-corrected chi connectivity index (χ3v) is 7.12. The Bertz CT molecular complexity index is 1250. The second kappa shape index (κ2) is 12.9. The Hall–Kier alpha value is -3.13. The number of hydrogen-bond acceptors (Lipinski definition) is 6. The van der Waals surface area contributed by atoms with E-state index in [1.54, 1.807) is 30.5 Å². The van der Waals surface area contributed by atoms with Crippen LogP contribution in [0.4, 0.5) is 4.39 Å². The molecule has 2 aromatic heterocycles. The summed E-state index contributed by atoms with van der Waals surface area (Å²) in [6.45, 7) is 7.11. The SMILES string of the molecule is CCC[C@@H](C)Oc1ccc(-c2nc(-c3cc(CCC(=O)C(CC)(CC)CF)ccc3Cl)[nH]c(=O)n2)cn1. The number of carbonyl (C=O) groups is 1. The molecule has 1 atom stereocenters. The number of rotatable bonds is 13. The predicted molar refractivity (Wildman–Crippen MR) is 144 cm³/mol. The molecule has 0 saturated heterocycles. The third kappa shape index (κ3) is 7.01. The topological polar surface area (TPSA) is 97.8 Å². The van der Waals surface area contributed by atoms with Crippen LogP contribution in [0.1, 0.15) is 65.4 Å². The minimum absolute atomic E-state index is 0.0489. The van der Waals surface area contributed by atoms with Crippen LogP contribution in [0.3, 0.4) is 0 Å². The van der Waals surface area contributed by atoms with Crippen LogP contribution in [-0.4, -0.2) is 38.5 Å². The minimum Gasteiger partial charge on any atom is -0.475 e. The highest BCUT2D eigenvalue weighted by atomic mass is 35.5. The Kier molecular flexibility index (Phi) is 9.92. The second-order valence-corrected chi connectivity index (χ2v) is 9.69. The van der Waals surface area contributed by atoms with Gasteiger partial charge in [-0.25, -0.2) is 14.8 Å². The maximum atomic E-state index is 13.7. The number of aromatic amines is 1. The van der Waals surface area contributed by atoms with E-state index in [0.717, 1.165) is 18.4 Å². The summed E-state index contributed by atoms with van der Waals surface area (Å²) >= 11 is 6.45. The van der Waals surface area contributed by atoms with E-state index in [0.29, 0.717) is 41.3 Å². The van der Waals surface area contributed by atoms with E-state index in [2.05, 4.69) is 26.9 Å². The largest absolute Gasteiger partial charge is 0.475 e. The van der Waals surface area contributed by atoms with Crippen molar-refractivity contribution in [1.82, 2.24) is 19.9 Å². The van der Waals surface area contributed by atoms with Gasteiger partial charge in [0, 0.05) is 29.8 Å². The maximum absolute atomic E-state index is 13.7. The average molecular weight is 529 g/mol. The van der Waals surface area contributed by atoms with Gasteiger partial charge in [0.2, 0.25) is 5.88 Å². The molecule has 0 radical (unpaired) electrons. The van der Waals surface area contributed by atoms with E-state index in [4.69, 9.17) is 16.3 Å². The normalized spacial score (nSPS) is 12.4. The van der Waals surface area contributed by atoms with E-state index in [1.165, 1.54) is 0 Å². The van der Waals surface area contributed by atoms with Gasteiger partial charge in [0.25, 0.3) is 0 Å². The molecule has 0 unspecified atom stereocenters. The standard InChI is InChI=1S/C28H34ClFN4O3/c1-5-8-18(4)37-24-14-11-20(16-31-24)25-32-26(34-27(36)33-25)21-15-19(9-12-22(21)29)10-13-23(35)28(6-2,7-3)17-30/h9,11-12,14-16,18H,5-8,10,13,17H2,1-4H3,(H,32,33,34,36)/t18-/m1/s1. The first-order valence-electron chi connectivity index (χ1n) is 12.7. The van der Waals surface area contributed by atoms with Crippen molar-refractivity contribution in [3.63, 3.8) is 0 Å². The van der Waals surface area contributed by atoms with Crippen molar-refractivity contribution in [3.05, 3.63) is 57.6 Å². The highest BCUT2D eigenvalue weighted by molar-refractivity contribution is 6.33. The molecule has 1 aromatic carbocycles. The van der Waals surface area contributed by atoms with Gasteiger partial charge in [0.15, 0.2) is 5.82 Å². The van der Waals surface area contributed by atoms with Gasteiger partial charge in [-0.1, -0.05) is 44.9 Å². The highest BCUT2D eigenvalue weighted by Gasteiger charge is 2.34. The quantitative estimate of drug-likeness (QED) is 0.276. The van der Waals surface area contributed by atoms with E-state index >= 15 is 0 Å². The summed E-state index contributed by atoms with van der Waals surface area (Å²) in [5, 5.41) is 0.391. The molecule has 0 amide bonds. The number of ether oxygens (including phenoxy) is 1. The number of carbonyl (C=O) groups excluding carboxylic acids is 1. The molecular weight excluding hydrogens is 495 g/mol. The van der Waals surface area contributed by atoms with Gasteiger partial charge in [-0.2, -0.15) is 4.98 Å². The van der Waals surface area contributed by atoms with Crippen molar-refractivity contribution in [2.45, 2.75) is 72.3 Å². The summed E-state index contributed by atoms with van der Waals surface area (Å²) in [6, 6.07) is 8.78. The van der Waals surface area contributed by atoms with Crippen molar-refractivity contribution in [2.24, 2.45) is 5.41 Å². The number of halogens is 2. The highest BCUT2D eigenvalue weighted by Crippen LogP contribution is 2.31. The second-order valence-electron chi connectivity index (χ2n) is 9.29. The molecule has 198 valence electrons. The van der Waals surface area contributed by atoms with Crippen molar-refractivity contribution in [2.75, 3.05) is 6.67 Å². The lowest BCUT2D eigenvalue weighted by Crippen LogP contribution is -2.32. The fourth-order valence-electron chi connectivity index (χ4n) is 4.24. The number of pyridine rings is 1. The number of aromatic nitrogens is 4. The number of ketones is 1. The molecule has 0 aliphatic carbocycles. The van der Waals surface area contributed by atoms with Crippen LogP contribution >= 0.6 is 11.6 Å². The van der Waals surface area contributed by atoms with Crippen LogP contribution in [0.2, 0.25) is 5.02 Å². The molecule has 7 nitrogen and oxygen atoms in total. The first-order chi connectivity index (χ1) is 17.7. The van der Waals surface area contributed by atoms with Crippen LogP contribution in [0.5, 0.6) is 5.88 Å². The lowest BCUT2D eigenvalue weighted by molar-refractivity contribution is -0.130. The van der Waals surface area contributed by atoms with Gasteiger partial charge >= 0.3 is 5.69 Å². The van der Waals surface area contributed by atoms with E-state index in [1.807, 2.05) is 26.8 Å². The van der Waals surface area contributed by atoms with Crippen molar-refractivity contribution in [1.29, 1.82) is 0 Å². The molecule has 0 fully saturated rings. The van der Waals surface area contributed by atoms with Crippen molar-refractivity contribution < 1.29 is 13.9 Å². The van der Waals surface area contributed by atoms with Gasteiger partial charge in [0.1, 0.15) is 18.3 Å². The van der Waals surface area contributed by atoms with Gasteiger partial charge in [-0.3, -0.25) is 14.2 Å². The van der Waals surface area contributed by atoms with Gasteiger partial charge in [-0.05, 0) is 56.4 Å². The number of H-pyrrole nitrogens is 1. The summed E-state index contributed by atoms with van der Waals surface area (Å²) in [5.41, 5.74) is 0.397. The number of alkyl halides is 1. The molecular formula is C28H34ClFN4O3. The molecule has 0 saturated carbocycles. The zero-order valence-electron chi connectivity index (χ0n) is 21.8. The molecule has 0 spiro atoms. The Morgan fingerprint density at radius 1 is 1.16 bits per heavy atom. The molecule has 0 aliphatic rings. The number of nitrogens with zero attached hydrogens (tertiary/aromatic N) is 3. The van der Waals surface area contributed by atoms with Crippen molar-refractivity contribution >= 4 is 17.4 Å². The Labute approximate surface area is 221 Å². The number of aryl methyl sites for hydroxylation is 1. The predicted octanol–water partition coefficient (Wildman–Crippen LogP) is 6.39. The third-order valence-electron chi connectivity index (χ3n) is 6.79. The average Bonchev–Trinajstić information content (AvgIpc) is 2.89. The van der Waals surface area contributed by atoms with E-state index in [9.17, 15) is 14.0 Å². The lowest BCUT2D eigenvalue weighted by Gasteiger charge is -2.26. The summed E-state index contributed by atoms with van der Waals surface area (Å²) in [5.74, 6) is 0.862. The lowest BCUT2D eigenvalue weighted by atomic mass is 9.77. The minimum atomic E-state index is -0.926.